The van der Waals surface area contributed by atoms with Gasteiger partial charge in [0.2, 0.25) is 0 Å². The van der Waals surface area contributed by atoms with Crippen molar-refractivity contribution < 1.29 is 0 Å². The van der Waals surface area contributed by atoms with Gasteiger partial charge < -0.3 is 5.32 Å². The second-order valence-corrected chi connectivity index (χ2v) is 5.85. The normalized spacial score (nSPS) is 9.22. The zero-order valence-corrected chi connectivity index (χ0v) is 15.7. The van der Waals surface area contributed by atoms with E-state index in [0.717, 1.165) is 31.1 Å². The molecule has 0 saturated carbocycles. The summed E-state index contributed by atoms with van der Waals surface area (Å²) in [5.74, 6) is 0. The monoisotopic (exact) mass is 345 g/mol. The van der Waals surface area contributed by atoms with Crippen LogP contribution in [0.1, 0.15) is 38.3 Å². The van der Waals surface area contributed by atoms with Gasteiger partial charge in [-0.15, -0.1) is 0 Å². The van der Waals surface area contributed by atoms with Crippen molar-refractivity contribution in [3.8, 4) is 0 Å². The summed E-state index contributed by atoms with van der Waals surface area (Å²) >= 11 is 3.16. The van der Waals surface area contributed by atoms with Crippen molar-refractivity contribution in [2.24, 2.45) is 0 Å². The highest BCUT2D eigenvalue weighted by Gasteiger charge is 2.08. The van der Waals surface area contributed by atoms with E-state index in [1.165, 1.54) is 0 Å². The summed E-state index contributed by atoms with van der Waals surface area (Å²) < 4.78 is 1.16. The van der Waals surface area contributed by atoms with Gasteiger partial charge in [0, 0.05) is 0 Å². The largest absolute Gasteiger partial charge is 0.307 e. The van der Waals surface area contributed by atoms with Gasteiger partial charge in [0.25, 0.3) is 0 Å². The number of nitrogens with one attached hydrogen (secondary N) is 1. The molecule has 0 radical (unpaired) electrons. The zero-order valence-electron chi connectivity index (χ0n) is 14.1. The number of para-hydroxylation sites is 1. The van der Waals surface area contributed by atoms with Crippen LogP contribution in [0.3, 0.4) is 0 Å². The van der Waals surface area contributed by atoms with E-state index in [0.29, 0.717) is 0 Å². The van der Waals surface area contributed by atoms with Crippen LogP contribution in [-0.4, -0.2) is 9.97 Å². The first kappa shape index (κ1) is 19.1. The van der Waals surface area contributed by atoms with Crippen molar-refractivity contribution in [1.82, 2.24) is 9.97 Å². The number of rotatable bonds is 4. The molecule has 5 heteroatoms. The van der Waals surface area contributed by atoms with Crippen LogP contribution in [0.25, 0.3) is 22.4 Å². The van der Waals surface area contributed by atoms with E-state index in [9.17, 15) is 0 Å². The molecule has 0 spiro atoms. The van der Waals surface area contributed by atoms with Crippen LogP contribution in [0.4, 0.5) is 10.3 Å². The van der Waals surface area contributed by atoms with E-state index < -0.39 is 0 Å². The lowest BCUT2D eigenvalue weighted by atomic mass is 10.3. The number of fused-ring (bicyclic) bond motifs is 1. The maximum absolute atomic E-state index is 4.52. The van der Waals surface area contributed by atoms with Crippen molar-refractivity contribution in [2.45, 2.75) is 27.7 Å². The first-order chi connectivity index (χ1) is 11.3. The first-order valence-corrected chi connectivity index (χ1v) is 9.32. The predicted molar refractivity (Wildman–Crippen MR) is 108 cm³/mol. The van der Waals surface area contributed by atoms with E-state index in [1.807, 2.05) is 45.9 Å². The van der Waals surface area contributed by atoms with Crippen LogP contribution in [-0.2, 0) is 0 Å². The Kier molecular flexibility index (Phi) is 8.22. The highest BCUT2D eigenvalue weighted by atomic mass is 32.1. The van der Waals surface area contributed by atoms with Crippen LogP contribution >= 0.6 is 22.7 Å². The Morgan fingerprint density at radius 2 is 1.57 bits per heavy atom. The van der Waals surface area contributed by atoms with Crippen LogP contribution < -0.4 is 5.32 Å². The summed E-state index contributed by atoms with van der Waals surface area (Å²) in [5, 5.41) is 4.90. The molecule has 3 rings (SSSR count). The molecule has 0 saturated heterocycles. The summed E-state index contributed by atoms with van der Waals surface area (Å²) in [6, 6.07) is 8.06. The third-order valence-electron chi connectivity index (χ3n) is 2.57. The Balaban J connectivity index is 0.000000615. The van der Waals surface area contributed by atoms with E-state index in [2.05, 4.69) is 34.5 Å². The molecule has 0 fully saturated rings. The summed E-state index contributed by atoms with van der Waals surface area (Å²) in [4.78, 5) is 9.98. The molecule has 0 aliphatic heterocycles. The van der Waals surface area contributed by atoms with Crippen molar-refractivity contribution in [1.29, 1.82) is 0 Å². The van der Waals surface area contributed by atoms with Gasteiger partial charge >= 0.3 is 0 Å². The number of anilines is 2. The van der Waals surface area contributed by atoms with Gasteiger partial charge in [-0.05, 0) is 24.3 Å². The molecule has 122 valence electrons. The molecule has 3 nitrogen and oxygen atoms in total. The number of benzene rings is 1. The van der Waals surface area contributed by atoms with E-state index in [1.54, 1.807) is 34.8 Å². The SMILES string of the molecule is C=Cc1nc(Nc2nc3ccccc3s2)sc1C=C.CC.CC. The standard InChI is InChI=1S/C14H11N3S2.2C2H6/c1-3-9-11(4-2)18-13(15-9)17-14-16-10-7-5-6-8-12(10)19-14;2*1-2/h3-8H,1-2H2,(H,15,16,17);2*1-2H3. The maximum Gasteiger partial charge on any atom is 0.190 e. The Labute approximate surface area is 146 Å². The maximum atomic E-state index is 4.52. The lowest BCUT2D eigenvalue weighted by Gasteiger charge is -1.94. The molecular weight excluding hydrogens is 322 g/mol. The quantitative estimate of drug-likeness (QED) is 0.563. The number of nitrogens with zero attached hydrogens (tertiary/aromatic N) is 2. The number of hydrogen-bond acceptors (Lipinski definition) is 5. The molecule has 23 heavy (non-hydrogen) atoms. The Bertz CT molecular complexity index is 698. The fourth-order valence-electron chi connectivity index (χ4n) is 1.71. The van der Waals surface area contributed by atoms with Crippen molar-refractivity contribution >= 4 is 55.3 Å². The minimum atomic E-state index is 0.809. The highest BCUT2D eigenvalue weighted by molar-refractivity contribution is 7.22. The Morgan fingerprint density at radius 3 is 2.13 bits per heavy atom. The van der Waals surface area contributed by atoms with Crippen LogP contribution in [0.5, 0.6) is 0 Å². The number of aromatic nitrogens is 2. The smallest absolute Gasteiger partial charge is 0.190 e. The van der Waals surface area contributed by atoms with Crippen LogP contribution in [0, 0.1) is 0 Å². The Morgan fingerprint density at radius 1 is 0.913 bits per heavy atom. The van der Waals surface area contributed by atoms with Crippen molar-refractivity contribution in [2.75, 3.05) is 5.32 Å². The molecule has 0 atom stereocenters. The molecule has 1 aromatic carbocycles. The Hall–Kier alpha value is -1.98. The third kappa shape index (κ3) is 4.74. The number of thiazole rings is 2. The van der Waals surface area contributed by atoms with Gasteiger partial charge in [0.05, 0.1) is 20.8 Å². The van der Waals surface area contributed by atoms with Crippen LogP contribution in [0.2, 0.25) is 0 Å². The predicted octanol–water partition coefficient (Wildman–Crippen LogP) is 6.83. The average Bonchev–Trinajstić information content (AvgIpc) is 3.21. The molecule has 0 bridgehead atoms. The van der Waals surface area contributed by atoms with Gasteiger partial charge in [-0.1, -0.05) is 75.7 Å². The second kappa shape index (κ2) is 9.92. The molecule has 3 aromatic rings. The van der Waals surface area contributed by atoms with Gasteiger partial charge in [-0.2, -0.15) is 0 Å². The summed E-state index contributed by atoms with van der Waals surface area (Å²) in [5.41, 5.74) is 1.85. The van der Waals surface area contributed by atoms with E-state index in [4.69, 9.17) is 0 Å². The molecule has 0 amide bonds. The zero-order chi connectivity index (χ0) is 17.2. The molecule has 0 unspecified atom stereocenters. The van der Waals surface area contributed by atoms with Gasteiger partial charge in [-0.25, -0.2) is 9.97 Å². The second-order valence-electron chi connectivity index (χ2n) is 3.79. The van der Waals surface area contributed by atoms with Crippen LogP contribution in [0.15, 0.2) is 37.4 Å². The molecule has 2 aromatic heterocycles. The average molecular weight is 346 g/mol. The van der Waals surface area contributed by atoms with Gasteiger partial charge in [-0.3, -0.25) is 0 Å². The molecule has 0 aliphatic rings. The van der Waals surface area contributed by atoms with Gasteiger partial charge in [0.1, 0.15) is 0 Å². The summed E-state index contributed by atoms with van der Waals surface area (Å²) in [6.45, 7) is 15.5. The van der Waals surface area contributed by atoms with Crippen molar-refractivity contribution in [3.63, 3.8) is 0 Å². The lowest BCUT2D eigenvalue weighted by molar-refractivity contribution is 1.34. The highest BCUT2D eigenvalue weighted by Crippen LogP contribution is 2.31. The van der Waals surface area contributed by atoms with E-state index in [-0.39, 0.29) is 0 Å². The third-order valence-corrected chi connectivity index (χ3v) is 4.50. The fraction of sp³-hybridized carbons (Fsp3) is 0.222. The lowest BCUT2D eigenvalue weighted by Crippen LogP contribution is -1.87. The van der Waals surface area contributed by atoms with Gasteiger partial charge in [0.15, 0.2) is 10.3 Å². The molecular formula is C18H23N3S2. The number of hydrogen-bond donors (Lipinski definition) is 1. The molecule has 2 heterocycles. The van der Waals surface area contributed by atoms with Crippen molar-refractivity contribution in [3.05, 3.63) is 48.0 Å². The topological polar surface area (TPSA) is 37.8 Å². The first-order valence-electron chi connectivity index (χ1n) is 7.68. The van der Waals surface area contributed by atoms with E-state index >= 15 is 0 Å². The molecule has 0 aliphatic carbocycles. The minimum Gasteiger partial charge on any atom is -0.307 e. The summed E-state index contributed by atoms with van der Waals surface area (Å²) in [6.07, 6.45) is 3.52. The minimum absolute atomic E-state index is 0.809. The fourth-order valence-corrected chi connectivity index (χ4v) is 3.45. The molecule has 1 N–H and O–H groups in total. The summed E-state index contributed by atoms with van der Waals surface area (Å²) in [7, 11) is 0.